The Labute approximate surface area is 70.2 Å². The molecule has 1 aliphatic heterocycles. The first-order valence-corrected chi connectivity index (χ1v) is 3.59. The summed E-state index contributed by atoms with van der Waals surface area (Å²) in [5.41, 5.74) is -1.66. The van der Waals surface area contributed by atoms with Gasteiger partial charge in [-0.3, -0.25) is 0 Å². The van der Waals surface area contributed by atoms with Gasteiger partial charge in [-0.1, -0.05) is 0 Å². The molecule has 2 radical (unpaired) electrons. The molecule has 1 rings (SSSR count). The number of hydrogen-bond donors (Lipinski definition) is 4. The number of aliphatic hydroxyl groups excluding tert-OH is 4. The third kappa shape index (κ3) is 1.34. The van der Waals surface area contributed by atoms with Gasteiger partial charge in [-0.2, -0.15) is 0 Å². The summed E-state index contributed by atoms with van der Waals surface area (Å²) in [4.78, 5) is 0. The molecule has 0 aromatic heterocycles. The standard InChI is InChI=1S/C7H12O5/c1-7(3-9)6(11)5(10)4(2-8)12-7/h1,4-6,8-11H,2-3H2/t4-,5+,6?,7-/m1/s1. The first kappa shape index (κ1) is 9.88. The lowest BCUT2D eigenvalue weighted by molar-refractivity contribution is -0.0894. The zero-order valence-corrected chi connectivity index (χ0v) is 6.42. The Bertz CT molecular complexity index is 162. The highest BCUT2D eigenvalue weighted by Crippen LogP contribution is 2.29. The maximum Gasteiger partial charge on any atom is 0.124 e. The molecule has 4 atom stereocenters. The van der Waals surface area contributed by atoms with Crippen LogP contribution in [0.15, 0.2) is 0 Å². The molecule has 0 saturated carbocycles. The molecule has 1 saturated heterocycles. The minimum atomic E-state index is -1.66. The fourth-order valence-corrected chi connectivity index (χ4v) is 1.19. The van der Waals surface area contributed by atoms with Crippen LogP contribution in [-0.4, -0.2) is 57.6 Å². The van der Waals surface area contributed by atoms with Gasteiger partial charge in [0, 0.05) is 6.92 Å². The van der Waals surface area contributed by atoms with Crippen molar-refractivity contribution in [1.82, 2.24) is 0 Å². The number of aliphatic hydroxyl groups is 4. The minimum Gasteiger partial charge on any atom is -0.394 e. The third-order valence-corrected chi connectivity index (χ3v) is 2.00. The van der Waals surface area contributed by atoms with Crippen LogP contribution in [0.1, 0.15) is 0 Å². The molecule has 1 aliphatic rings. The summed E-state index contributed by atoms with van der Waals surface area (Å²) in [5.74, 6) is 0. The zero-order chi connectivity index (χ0) is 9.35. The van der Waals surface area contributed by atoms with Crippen molar-refractivity contribution in [3.8, 4) is 0 Å². The molecule has 1 fully saturated rings. The van der Waals surface area contributed by atoms with Crippen molar-refractivity contribution in [3.05, 3.63) is 6.92 Å². The molecular formula is C7H12O5. The normalized spacial score (nSPS) is 48.2. The van der Waals surface area contributed by atoms with E-state index in [-0.39, 0.29) is 0 Å². The van der Waals surface area contributed by atoms with E-state index in [0.717, 1.165) is 0 Å². The molecule has 5 heteroatoms. The second kappa shape index (κ2) is 3.27. The predicted molar refractivity (Wildman–Crippen MR) is 38.1 cm³/mol. The van der Waals surface area contributed by atoms with Crippen LogP contribution in [0.2, 0.25) is 0 Å². The first-order valence-electron chi connectivity index (χ1n) is 3.59. The second-order valence-electron chi connectivity index (χ2n) is 2.89. The van der Waals surface area contributed by atoms with Gasteiger partial charge in [0.2, 0.25) is 0 Å². The summed E-state index contributed by atoms with van der Waals surface area (Å²) < 4.78 is 4.85. The molecule has 1 unspecified atom stereocenters. The summed E-state index contributed by atoms with van der Waals surface area (Å²) in [6, 6.07) is 0. The van der Waals surface area contributed by atoms with Crippen molar-refractivity contribution in [1.29, 1.82) is 0 Å². The molecule has 0 bridgehead atoms. The molecule has 0 amide bonds. The van der Waals surface area contributed by atoms with Crippen molar-refractivity contribution in [2.75, 3.05) is 13.2 Å². The molecule has 1 heterocycles. The van der Waals surface area contributed by atoms with E-state index < -0.39 is 37.1 Å². The van der Waals surface area contributed by atoms with Crippen LogP contribution in [0.4, 0.5) is 0 Å². The lowest BCUT2D eigenvalue weighted by Crippen LogP contribution is -2.43. The van der Waals surface area contributed by atoms with Gasteiger partial charge in [-0.05, 0) is 0 Å². The fraction of sp³-hybridized carbons (Fsp3) is 0.857. The van der Waals surface area contributed by atoms with E-state index in [0.29, 0.717) is 0 Å². The Balaban J connectivity index is 2.72. The van der Waals surface area contributed by atoms with Crippen LogP contribution >= 0.6 is 0 Å². The van der Waals surface area contributed by atoms with Crippen LogP contribution in [-0.2, 0) is 4.74 Å². The highest BCUT2D eigenvalue weighted by Gasteiger charge is 2.50. The summed E-state index contributed by atoms with van der Waals surface area (Å²) in [5, 5.41) is 35.8. The van der Waals surface area contributed by atoms with E-state index in [9.17, 15) is 10.2 Å². The topological polar surface area (TPSA) is 90.2 Å². The SMILES string of the molecule is [CH][C@]1(CO)O[C@H](CO)[C@H](O)C1O. The van der Waals surface area contributed by atoms with Gasteiger partial charge >= 0.3 is 0 Å². The smallest absolute Gasteiger partial charge is 0.124 e. The van der Waals surface area contributed by atoms with Crippen LogP contribution in [0.25, 0.3) is 0 Å². The van der Waals surface area contributed by atoms with Gasteiger partial charge in [-0.25, -0.2) is 0 Å². The zero-order valence-electron chi connectivity index (χ0n) is 6.42. The number of hydrogen-bond acceptors (Lipinski definition) is 5. The quantitative estimate of drug-likeness (QED) is 0.375. The van der Waals surface area contributed by atoms with E-state index >= 15 is 0 Å². The molecule has 0 aromatic carbocycles. The Morgan fingerprint density at radius 2 is 1.92 bits per heavy atom. The molecule has 0 aliphatic carbocycles. The molecule has 70 valence electrons. The van der Waals surface area contributed by atoms with Crippen LogP contribution in [0.5, 0.6) is 0 Å². The van der Waals surface area contributed by atoms with E-state index in [2.05, 4.69) is 0 Å². The van der Waals surface area contributed by atoms with E-state index in [1.54, 1.807) is 0 Å². The van der Waals surface area contributed by atoms with Crippen LogP contribution in [0.3, 0.4) is 0 Å². The average Bonchev–Trinajstić information content (AvgIpc) is 2.31. The molecule has 0 aromatic rings. The van der Waals surface area contributed by atoms with Gasteiger partial charge in [-0.15, -0.1) is 0 Å². The summed E-state index contributed by atoms with van der Waals surface area (Å²) in [6.45, 7) is 4.31. The van der Waals surface area contributed by atoms with Gasteiger partial charge in [0.15, 0.2) is 0 Å². The van der Waals surface area contributed by atoms with E-state index in [1.807, 2.05) is 0 Å². The highest BCUT2D eigenvalue weighted by atomic mass is 16.6. The Kier molecular flexibility index (Phi) is 2.70. The molecule has 4 N–H and O–H groups in total. The summed E-state index contributed by atoms with van der Waals surface area (Å²) >= 11 is 0. The largest absolute Gasteiger partial charge is 0.394 e. The van der Waals surface area contributed by atoms with E-state index in [1.165, 1.54) is 0 Å². The molecule has 12 heavy (non-hydrogen) atoms. The lowest BCUT2D eigenvalue weighted by Gasteiger charge is -2.24. The van der Waals surface area contributed by atoms with Crippen molar-refractivity contribution in [3.63, 3.8) is 0 Å². The fourth-order valence-electron chi connectivity index (χ4n) is 1.19. The monoisotopic (exact) mass is 176 g/mol. The maximum atomic E-state index is 9.25. The molecule has 0 spiro atoms. The third-order valence-electron chi connectivity index (χ3n) is 2.00. The maximum absolute atomic E-state index is 9.25. The molecular weight excluding hydrogens is 164 g/mol. The Morgan fingerprint density at radius 1 is 1.33 bits per heavy atom. The van der Waals surface area contributed by atoms with Crippen molar-refractivity contribution in [2.45, 2.75) is 23.9 Å². The molecule has 5 nitrogen and oxygen atoms in total. The van der Waals surface area contributed by atoms with Gasteiger partial charge in [0.1, 0.15) is 23.9 Å². The number of rotatable bonds is 2. The van der Waals surface area contributed by atoms with Gasteiger partial charge < -0.3 is 25.2 Å². The summed E-state index contributed by atoms with van der Waals surface area (Å²) in [7, 11) is 0. The lowest BCUT2D eigenvalue weighted by atomic mass is 9.98. The van der Waals surface area contributed by atoms with Gasteiger partial charge in [0.05, 0.1) is 13.2 Å². The van der Waals surface area contributed by atoms with Crippen molar-refractivity contribution < 1.29 is 25.2 Å². The second-order valence-corrected chi connectivity index (χ2v) is 2.89. The summed E-state index contributed by atoms with van der Waals surface area (Å²) in [6.07, 6.45) is -3.57. The van der Waals surface area contributed by atoms with Crippen LogP contribution < -0.4 is 0 Å². The Morgan fingerprint density at radius 3 is 2.17 bits per heavy atom. The van der Waals surface area contributed by atoms with Crippen LogP contribution in [0, 0.1) is 6.92 Å². The highest BCUT2D eigenvalue weighted by molar-refractivity contribution is 5.03. The Hall–Kier alpha value is -0.200. The minimum absolute atomic E-state index is 0.447. The van der Waals surface area contributed by atoms with Crippen molar-refractivity contribution >= 4 is 0 Å². The number of ether oxygens (including phenoxy) is 1. The van der Waals surface area contributed by atoms with Crippen molar-refractivity contribution in [2.24, 2.45) is 0 Å². The predicted octanol–water partition coefficient (Wildman–Crippen LogP) is -2.46. The van der Waals surface area contributed by atoms with E-state index in [4.69, 9.17) is 21.9 Å². The first-order chi connectivity index (χ1) is 5.55. The average molecular weight is 176 g/mol. The van der Waals surface area contributed by atoms with Gasteiger partial charge in [0.25, 0.3) is 0 Å².